The van der Waals surface area contributed by atoms with E-state index < -0.39 is 10.1 Å². The minimum absolute atomic E-state index is 0.102. The molecule has 0 saturated carbocycles. The van der Waals surface area contributed by atoms with Gasteiger partial charge in [0.15, 0.2) is 0 Å². The fraction of sp³-hybridized carbons (Fsp3) is 0.367. The van der Waals surface area contributed by atoms with E-state index in [2.05, 4.69) is 39.1 Å². The van der Waals surface area contributed by atoms with E-state index in [1.54, 1.807) is 12.1 Å². The predicted molar refractivity (Wildman–Crippen MR) is 150 cm³/mol. The molecule has 0 spiro atoms. The second-order valence-corrected chi connectivity index (χ2v) is 11.4. The summed E-state index contributed by atoms with van der Waals surface area (Å²) in [6.07, 6.45) is 3.14. The van der Waals surface area contributed by atoms with Crippen LogP contribution in [0.3, 0.4) is 0 Å². The molecule has 0 aromatic heterocycles. The van der Waals surface area contributed by atoms with Crippen molar-refractivity contribution >= 4 is 21.7 Å². The van der Waals surface area contributed by atoms with E-state index in [4.69, 9.17) is 11.6 Å². The van der Waals surface area contributed by atoms with Crippen molar-refractivity contribution in [3.63, 3.8) is 0 Å². The van der Waals surface area contributed by atoms with Crippen LogP contribution in [0.25, 0.3) is 11.1 Å². The van der Waals surface area contributed by atoms with Crippen LogP contribution in [-0.4, -0.2) is 44.1 Å². The Kier molecular flexibility index (Phi) is 11.8. The van der Waals surface area contributed by atoms with Crippen molar-refractivity contribution in [1.29, 1.82) is 5.26 Å². The molecule has 2 unspecified atom stereocenters. The minimum Gasteiger partial charge on any atom is -0.744 e. The Bertz CT molecular complexity index is 1270. The molecule has 0 N–H and O–H groups in total. The summed E-state index contributed by atoms with van der Waals surface area (Å²) in [7, 11) is -1.95. The highest BCUT2D eigenvalue weighted by atomic mass is 35.5. The number of nitriles is 1. The average molecular weight is 541 g/mol. The number of hydrogen-bond acceptors (Lipinski definition) is 4. The maximum atomic E-state index is 10.4. The van der Waals surface area contributed by atoms with E-state index >= 15 is 0 Å². The van der Waals surface area contributed by atoms with Crippen LogP contribution in [0.4, 0.5) is 0 Å². The standard InChI is InChI=1S/C23H30ClN2.C7H8O3S/c1-4-15-26(3,5-2)16-9-12-20(18-25)22-14-13-21(24)17-23(22)19-10-7-6-8-11-19;1-6-2-4-7(5-3-6)11(8,9)10/h6-8,10-11,13-14,17,20H,4-5,9,12,15-16H2,1-3H3;2-5H,1H3,(H,8,9,10)/q+1;/p-1. The molecule has 0 radical (unpaired) electrons. The molecular formula is C30H37ClN2O3S. The maximum absolute atomic E-state index is 10.4. The lowest BCUT2D eigenvalue weighted by molar-refractivity contribution is -0.908. The molecule has 7 heteroatoms. The normalized spacial score (nSPS) is 13.5. The van der Waals surface area contributed by atoms with Gasteiger partial charge in [0, 0.05) is 5.02 Å². The molecule has 37 heavy (non-hydrogen) atoms. The third kappa shape index (κ3) is 9.60. The van der Waals surface area contributed by atoms with E-state index in [9.17, 15) is 18.2 Å². The van der Waals surface area contributed by atoms with Gasteiger partial charge in [-0.15, -0.1) is 0 Å². The first-order chi connectivity index (χ1) is 17.5. The molecule has 0 aliphatic carbocycles. The van der Waals surface area contributed by atoms with Gasteiger partial charge in [-0.25, -0.2) is 8.42 Å². The highest BCUT2D eigenvalue weighted by Crippen LogP contribution is 2.34. The zero-order chi connectivity index (χ0) is 27.5. The summed E-state index contributed by atoms with van der Waals surface area (Å²) < 4.78 is 32.2. The first kappa shape index (κ1) is 30.5. The Balaban J connectivity index is 0.000000364. The second-order valence-electron chi connectivity index (χ2n) is 9.57. The molecule has 0 saturated heterocycles. The monoisotopic (exact) mass is 540 g/mol. The van der Waals surface area contributed by atoms with Crippen LogP contribution >= 0.6 is 11.6 Å². The molecule has 3 aromatic rings. The number of nitrogens with zero attached hydrogens (tertiary/aromatic N) is 2. The fourth-order valence-electron chi connectivity index (χ4n) is 4.34. The van der Waals surface area contributed by atoms with Crippen LogP contribution in [0.2, 0.25) is 5.02 Å². The van der Waals surface area contributed by atoms with Crippen molar-refractivity contribution < 1.29 is 17.5 Å². The van der Waals surface area contributed by atoms with Crippen LogP contribution in [0.5, 0.6) is 0 Å². The van der Waals surface area contributed by atoms with Gasteiger partial charge in [0.05, 0.1) is 43.6 Å². The number of rotatable bonds is 10. The van der Waals surface area contributed by atoms with Gasteiger partial charge in [0.1, 0.15) is 10.1 Å². The van der Waals surface area contributed by atoms with Crippen LogP contribution in [0, 0.1) is 18.3 Å². The first-order valence-electron chi connectivity index (χ1n) is 12.6. The van der Waals surface area contributed by atoms with Crippen LogP contribution in [0.15, 0.2) is 77.7 Å². The lowest BCUT2D eigenvalue weighted by atomic mass is 9.88. The van der Waals surface area contributed by atoms with Crippen molar-refractivity contribution in [2.75, 3.05) is 26.7 Å². The number of hydrogen-bond donors (Lipinski definition) is 0. The SMILES string of the molecule is CCC[N+](C)(CC)CCCC(C#N)c1ccc(Cl)cc1-c1ccccc1.Cc1ccc(S(=O)(=O)[O-])cc1. The highest BCUT2D eigenvalue weighted by Gasteiger charge is 2.21. The smallest absolute Gasteiger partial charge is 0.124 e. The van der Waals surface area contributed by atoms with Crippen LogP contribution in [0.1, 0.15) is 50.2 Å². The quantitative estimate of drug-likeness (QED) is 0.201. The number of quaternary nitrogens is 1. The van der Waals surface area contributed by atoms with Crippen molar-refractivity contribution in [2.45, 2.75) is 50.8 Å². The van der Waals surface area contributed by atoms with E-state index in [1.165, 1.54) is 25.1 Å². The molecule has 0 fully saturated rings. The molecule has 5 nitrogen and oxygen atoms in total. The lowest BCUT2D eigenvalue weighted by Crippen LogP contribution is -2.45. The Hall–Kier alpha value is -2.69. The average Bonchev–Trinajstić information content (AvgIpc) is 2.88. The number of aryl methyl sites for hydroxylation is 1. The second kappa shape index (κ2) is 14.3. The maximum Gasteiger partial charge on any atom is 0.124 e. The zero-order valence-corrected chi connectivity index (χ0v) is 23.7. The minimum atomic E-state index is -4.27. The third-order valence-corrected chi connectivity index (χ3v) is 7.74. The highest BCUT2D eigenvalue weighted by molar-refractivity contribution is 7.85. The van der Waals surface area contributed by atoms with Crippen LogP contribution < -0.4 is 0 Å². The molecule has 0 aliphatic heterocycles. The summed E-state index contributed by atoms with van der Waals surface area (Å²) in [5, 5.41) is 10.5. The number of benzene rings is 3. The van der Waals surface area contributed by atoms with Crippen molar-refractivity contribution in [3.05, 3.63) is 88.9 Å². The van der Waals surface area contributed by atoms with Gasteiger partial charge in [-0.2, -0.15) is 5.26 Å². The Morgan fingerprint density at radius 2 is 1.65 bits per heavy atom. The zero-order valence-electron chi connectivity index (χ0n) is 22.2. The van der Waals surface area contributed by atoms with E-state index in [0.717, 1.165) is 52.7 Å². The summed E-state index contributed by atoms with van der Waals surface area (Å²) in [4.78, 5) is -0.178. The first-order valence-corrected chi connectivity index (χ1v) is 14.4. The molecule has 2 atom stereocenters. The summed E-state index contributed by atoms with van der Waals surface area (Å²) in [6.45, 7) is 9.78. The van der Waals surface area contributed by atoms with E-state index in [0.29, 0.717) is 5.02 Å². The molecule has 3 aromatic carbocycles. The molecule has 0 amide bonds. The fourth-order valence-corrected chi connectivity index (χ4v) is 4.98. The lowest BCUT2D eigenvalue weighted by Gasteiger charge is -2.33. The van der Waals surface area contributed by atoms with Gasteiger partial charge in [0.25, 0.3) is 0 Å². The summed E-state index contributed by atoms with van der Waals surface area (Å²) in [5.41, 5.74) is 4.21. The summed E-state index contributed by atoms with van der Waals surface area (Å²) in [6, 6.07) is 24.4. The number of halogens is 1. The molecule has 198 valence electrons. The predicted octanol–water partition coefficient (Wildman–Crippen LogP) is 7.17. The van der Waals surface area contributed by atoms with Crippen molar-refractivity contribution in [2.24, 2.45) is 0 Å². The Morgan fingerprint density at radius 3 is 2.19 bits per heavy atom. The third-order valence-electron chi connectivity index (χ3n) is 6.66. The van der Waals surface area contributed by atoms with Crippen LogP contribution in [-0.2, 0) is 10.1 Å². The van der Waals surface area contributed by atoms with Crippen molar-refractivity contribution in [1.82, 2.24) is 0 Å². The van der Waals surface area contributed by atoms with Crippen molar-refractivity contribution in [3.8, 4) is 17.2 Å². The van der Waals surface area contributed by atoms with E-state index in [1.807, 2.05) is 43.3 Å². The summed E-state index contributed by atoms with van der Waals surface area (Å²) >= 11 is 6.25. The van der Waals surface area contributed by atoms with E-state index in [-0.39, 0.29) is 10.8 Å². The molecule has 0 aliphatic rings. The molecule has 0 heterocycles. The largest absolute Gasteiger partial charge is 0.744 e. The Morgan fingerprint density at radius 1 is 1.00 bits per heavy atom. The molecule has 0 bridgehead atoms. The van der Waals surface area contributed by atoms with Gasteiger partial charge < -0.3 is 9.04 Å². The topological polar surface area (TPSA) is 81.0 Å². The van der Waals surface area contributed by atoms with Gasteiger partial charge in [-0.1, -0.05) is 72.6 Å². The van der Waals surface area contributed by atoms with Gasteiger partial charge >= 0.3 is 0 Å². The van der Waals surface area contributed by atoms with Gasteiger partial charge in [-0.3, -0.25) is 0 Å². The Labute approximate surface area is 227 Å². The molecule has 3 rings (SSSR count). The van der Waals surface area contributed by atoms with Gasteiger partial charge in [0.2, 0.25) is 0 Å². The molecular weight excluding hydrogens is 504 g/mol. The van der Waals surface area contributed by atoms with Gasteiger partial charge in [-0.05, 0) is 74.1 Å². The summed E-state index contributed by atoms with van der Waals surface area (Å²) in [5.74, 6) is -0.102.